The second kappa shape index (κ2) is 28.8. The zero-order valence-electron chi connectivity index (χ0n) is 27.1. The average molecular weight is 722 g/mol. The fraction of sp³-hybridized carbons (Fsp3) is 0.700. The maximum atomic E-state index is 13.5. The number of benzene rings is 1. The van der Waals surface area contributed by atoms with Crippen molar-refractivity contribution in [2.75, 3.05) is 112 Å². The monoisotopic (exact) mass is 721 g/mol. The van der Waals surface area contributed by atoms with Gasteiger partial charge in [-0.15, -0.1) is 0 Å². The van der Waals surface area contributed by atoms with Crippen molar-refractivity contribution < 1.29 is 84.1 Å². The third-order valence-electron chi connectivity index (χ3n) is 5.79. The minimum absolute atomic E-state index is 0.0370. The second-order valence-corrected chi connectivity index (χ2v) is 9.62. The first-order valence-corrected chi connectivity index (χ1v) is 15.5. The predicted molar refractivity (Wildman–Crippen MR) is 158 cm³/mol. The number of amides is 1. The van der Waals surface area contributed by atoms with Gasteiger partial charge >= 0.3 is 11.9 Å². The molecule has 0 saturated carbocycles. The van der Waals surface area contributed by atoms with Gasteiger partial charge in [-0.05, 0) is 6.42 Å². The smallest absolute Gasteiger partial charge is 0.313 e. The number of carbonyl (C=O) groups excluding carboxylic acids is 2. The Bertz CT molecular complexity index is 1060. The first-order valence-electron chi connectivity index (χ1n) is 15.5. The van der Waals surface area contributed by atoms with Crippen LogP contribution in [0.5, 0.6) is 5.75 Å². The van der Waals surface area contributed by atoms with Crippen LogP contribution >= 0.6 is 0 Å². The molecule has 0 aliphatic rings. The van der Waals surface area contributed by atoms with Gasteiger partial charge in [-0.25, -0.2) is 13.2 Å². The molecule has 0 bridgehead atoms. The average Bonchev–Trinajstić information content (AvgIpc) is 3.08. The third kappa shape index (κ3) is 22.3. The number of ether oxygens (including phenoxy) is 9. The van der Waals surface area contributed by atoms with E-state index in [9.17, 15) is 36.3 Å². The van der Waals surface area contributed by atoms with Gasteiger partial charge < -0.3 is 53.1 Å². The van der Waals surface area contributed by atoms with Crippen molar-refractivity contribution in [2.45, 2.75) is 25.7 Å². The summed E-state index contributed by atoms with van der Waals surface area (Å²) >= 11 is 0. The van der Waals surface area contributed by atoms with Gasteiger partial charge in [0.25, 0.3) is 0 Å². The fourth-order valence-electron chi connectivity index (χ4n) is 3.35. The largest absolute Gasteiger partial charge is 0.481 e. The molecule has 0 atom stereocenters. The Morgan fingerprint density at radius 2 is 0.816 bits per heavy atom. The van der Waals surface area contributed by atoms with Crippen molar-refractivity contribution in [1.82, 2.24) is 5.32 Å². The van der Waals surface area contributed by atoms with E-state index < -0.39 is 53.2 Å². The zero-order chi connectivity index (χ0) is 36.1. The summed E-state index contributed by atoms with van der Waals surface area (Å²) in [6.07, 6.45) is -0.105. The highest BCUT2D eigenvalue weighted by Gasteiger charge is 2.28. The molecule has 14 nitrogen and oxygen atoms in total. The third-order valence-corrected chi connectivity index (χ3v) is 5.79. The van der Waals surface area contributed by atoms with Gasteiger partial charge in [0.05, 0.1) is 112 Å². The lowest BCUT2D eigenvalue weighted by Gasteiger charge is -2.09. The van der Waals surface area contributed by atoms with Crippen LogP contribution in [0.25, 0.3) is 0 Å². The Balaban J connectivity index is 1.77. The van der Waals surface area contributed by atoms with Crippen LogP contribution < -0.4 is 10.1 Å². The number of carbonyl (C=O) groups is 3. The molecule has 0 aromatic heterocycles. The molecule has 0 heterocycles. The lowest BCUT2D eigenvalue weighted by atomic mass is 10.2. The predicted octanol–water partition coefficient (Wildman–Crippen LogP) is 2.18. The first kappa shape index (κ1) is 44.0. The molecule has 0 radical (unpaired) electrons. The number of carboxylic acids is 1. The summed E-state index contributed by atoms with van der Waals surface area (Å²) in [5.74, 6) is -15.5. The molecule has 0 spiro atoms. The van der Waals surface area contributed by atoms with Gasteiger partial charge in [0, 0.05) is 19.6 Å². The molecular formula is C30H44F5NO13. The van der Waals surface area contributed by atoms with Crippen molar-refractivity contribution in [1.29, 1.82) is 0 Å². The Kier molecular flexibility index (Phi) is 25.8. The second-order valence-electron chi connectivity index (χ2n) is 9.62. The van der Waals surface area contributed by atoms with E-state index in [1.165, 1.54) is 0 Å². The maximum absolute atomic E-state index is 13.5. The van der Waals surface area contributed by atoms with Gasteiger partial charge in [-0.2, -0.15) is 8.78 Å². The van der Waals surface area contributed by atoms with Crippen molar-refractivity contribution in [3.8, 4) is 5.75 Å². The SMILES string of the molecule is O=C(O)CCC(=O)NCCCOCCOCCOCCOCCOCCOCCOCCOCCC(=O)Oc1c(F)c(F)c(F)c(F)c1F. The van der Waals surface area contributed by atoms with E-state index in [0.717, 1.165) is 0 Å². The molecule has 19 heteroatoms. The number of hydrogen-bond donors (Lipinski definition) is 2. The van der Waals surface area contributed by atoms with E-state index >= 15 is 0 Å². The van der Waals surface area contributed by atoms with Crippen molar-refractivity contribution in [3.05, 3.63) is 29.1 Å². The van der Waals surface area contributed by atoms with Gasteiger partial charge in [0.2, 0.25) is 40.7 Å². The summed E-state index contributed by atoms with van der Waals surface area (Å²) in [6.45, 7) is 5.33. The summed E-state index contributed by atoms with van der Waals surface area (Å²) in [5.41, 5.74) is 0. The van der Waals surface area contributed by atoms with Gasteiger partial charge in [0.1, 0.15) is 0 Å². The molecule has 1 rings (SSSR count). The molecule has 1 aromatic rings. The molecule has 1 amide bonds. The number of nitrogens with one attached hydrogen (secondary N) is 1. The molecule has 0 unspecified atom stereocenters. The van der Waals surface area contributed by atoms with Crippen molar-refractivity contribution in [3.63, 3.8) is 0 Å². The molecule has 0 aliphatic carbocycles. The van der Waals surface area contributed by atoms with Crippen LogP contribution in [0.1, 0.15) is 25.7 Å². The van der Waals surface area contributed by atoms with E-state index in [2.05, 4.69) is 10.1 Å². The summed E-state index contributed by atoms with van der Waals surface area (Å²) in [4.78, 5) is 33.4. The zero-order valence-corrected chi connectivity index (χ0v) is 27.1. The number of hydrogen-bond acceptors (Lipinski definition) is 12. The lowest BCUT2D eigenvalue weighted by Crippen LogP contribution is -2.25. The topological polar surface area (TPSA) is 167 Å². The Morgan fingerprint density at radius 3 is 1.20 bits per heavy atom. The summed E-state index contributed by atoms with van der Waals surface area (Å²) in [5, 5.41) is 11.1. The Morgan fingerprint density at radius 1 is 0.469 bits per heavy atom. The maximum Gasteiger partial charge on any atom is 0.313 e. The van der Waals surface area contributed by atoms with Crippen LogP contribution in [0.4, 0.5) is 22.0 Å². The van der Waals surface area contributed by atoms with Crippen molar-refractivity contribution in [2.24, 2.45) is 0 Å². The summed E-state index contributed by atoms with van der Waals surface area (Å²) in [7, 11) is 0. The quantitative estimate of drug-likeness (QED) is 0.0278. The van der Waals surface area contributed by atoms with E-state index in [-0.39, 0.29) is 45.2 Å². The highest BCUT2D eigenvalue weighted by molar-refractivity contribution is 5.80. The van der Waals surface area contributed by atoms with E-state index in [1.54, 1.807) is 0 Å². The van der Waals surface area contributed by atoms with Crippen LogP contribution in [-0.2, 0) is 52.3 Å². The number of aliphatic carboxylic acids is 1. The van der Waals surface area contributed by atoms with Gasteiger partial charge in [-0.3, -0.25) is 14.4 Å². The molecule has 49 heavy (non-hydrogen) atoms. The van der Waals surface area contributed by atoms with Crippen LogP contribution in [0.2, 0.25) is 0 Å². The van der Waals surface area contributed by atoms with Crippen LogP contribution in [0, 0.1) is 29.1 Å². The number of carboxylic acid groups (broad SMARTS) is 1. The number of rotatable bonds is 32. The summed E-state index contributed by atoms with van der Waals surface area (Å²) in [6, 6.07) is 0. The minimum Gasteiger partial charge on any atom is -0.481 e. The van der Waals surface area contributed by atoms with Crippen molar-refractivity contribution >= 4 is 17.8 Å². The van der Waals surface area contributed by atoms with Gasteiger partial charge in [0.15, 0.2) is 0 Å². The molecule has 1 aromatic carbocycles. The molecule has 2 N–H and O–H groups in total. The first-order chi connectivity index (χ1) is 23.6. The molecule has 0 fully saturated rings. The van der Waals surface area contributed by atoms with Crippen LogP contribution in [0.3, 0.4) is 0 Å². The normalized spacial score (nSPS) is 11.2. The number of esters is 1. The molecule has 0 aliphatic heterocycles. The molecule has 282 valence electrons. The standard InChI is InChI=1S/C30H44F5NO13/c31-25-26(32)28(34)30(29(35)27(25)33)49-24(40)4-7-42-9-11-44-13-15-46-17-19-48-21-20-47-18-16-45-14-12-43-10-8-41-6-1-5-36-22(37)2-3-23(38)39/h1-21H2,(H,36,37)(H,38,39). The highest BCUT2D eigenvalue weighted by Crippen LogP contribution is 2.29. The Hall–Kier alpha value is -3.04. The van der Waals surface area contributed by atoms with E-state index in [1.807, 2.05) is 0 Å². The fourth-order valence-corrected chi connectivity index (χ4v) is 3.35. The van der Waals surface area contributed by atoms with E-state index in [0.29, 0.717) is 92.2 Å². The van der Waals surface area contributed by atoms with Crippen LogP contribution in [-0.4, -0.2) is 135 Å². The summed E-state index contributed by atoms with van der Waals surface area (Å²) < 4.78 is 113. The minimum atomic E-state index is -2.35. The molecular weight excluding hydrogens is 677 g/mol. The van der Waals surface area contributed by atoms with Gasteiger partial charge in [-0.1, -0.05) is 0 Å². The number of halogens is 5. The molecule has 0 saturated heterocycles. The highest BCUT2D eigenvalue weighted by atomic mass is 19.2. The Labute approximate surface area is 280 Å². The van der Waals surface area contributed by atoms with E-state index in [4.69, 9.17) is 43.0 Å². The van der Waals surface area contributed by atoms with Crippen LogP contribution in [0.15, 0.2) is 0 Å². The lowest BCUT2D eigenvalue weighted by molar-refractivity contribution is -0.139.